The van der Waals surface area contributed by atoms with Crippen LogP contribution in [0.4, 0.5) is 4.39 Å². The second-order valence-corrected chi connectivity index (χ2v) is 4.49. The molecule has 2 nitrogen and oxygen atoms in total. The molecule has 13 heavy (non-hydrogen) atoms. The van der Waals surface area contributed by atoms with E-state index in [9.17, 15) is 9.50 Å². The zero-order valence-electron chi connectivity index (χ0n) is 8.70. The lowest BCUT2D eigenvalue weighted by molar-refractivity contribution is -0.0310. The minimum absolute atomic E-state index is 0.119. The Kier molecular flexibility index (Phi) is 3.30. The Balaban J connectivity index is 2.66. The minimum Gasteiger partial charge on any atom is -0.387 e. The lowest BCUT2D eigenvalue weighted by Crippen LogP contribution is -2.32. The van der Waals surface area contributed by atoms with Crippen LogP contribution in [-0.4, -0.2) is 29.6 Å². The molecule has 0 bridgehead atoms. The molecule has 0 aromatic rings. The molecule has 0 saturated carbocycles. The number of aliphatic hydroxyl groups excluding tert-OH is 1. The minimum atomic E-state index is -1.23. The Morgan fingerprint density at radius 1 is 1.08 bits per heavy atom. The highest BCUT2D eigenvalue weighted by Crippen LogP contribution is 2.32. The maximum atomic E-state index is 13.5. The lowest BCUT2D eigenvalue weighted by Gasteiger charge is -2.18. The van der Waals surface area contributed by atoms with Crippen molar-refractivity contribution in [1.82, 2.24) is 0 Å². The third-order valence-corrected chi connectivity index (χ3v) is 2.61. The normalized spacial score (nSPS) is 40.6. The fraction of sp³-hybridized carbons (Fsp3) is 1.00. The Morgan fingerprint density at radius 3 is 1.77 bits per heavy atom. The first-order chi connectivity index (χ1) is 5.95. The van der Waals surface area contributed by atoms with E-state index >= 15 is 0 Å². The average Bonchev–Trinajstić information content (AvgIpc) is 2.29. The van der Waals surface area contributed by atoms with Crippen molar-refractivity contribution in [3.8, 4) is 0 Å². The summed E-state index contributed by atoms with van der Waals surface area (Å²) in [6, 6.07) is 0. The van der Waals surface area contributed by atoms with E-state index < -0.39 is 18.4 Å². The predicted octanol–water partition coefficient (Wildman–Crippen LogP) is 1.76. The molecule has 0 aliphatic carbocycles. The van der Waals surface area contributed by atoms with Crippen LogP contribution in [0.15, 0.2) is 0 Å². The van der Waals surface area contributed by atoms with E-state index in [-0.39, 0.29) is 17.9 Å². The summed E-state index contributed by atoms with van der Waals surface area (Å²) in [5, 5.41) is 9.55. The van der Waals surface area contributed by atoms with Gasteiger partial charge in [0.1, 0.15) is 6.10 Å². The van der Waals surface area contributed by atoms with E-state index in [1.807, 2.05) is 27.7 Å². The van der Waals surface area contributed by atoms with Crippen LogP contribution in [0.3, 0.4) is 0 Å². The highest BCUT2D eigenvalue weighted by molar-refractivity contribution is 4.93. The fourth-order valence-corrected chi connectivity index (χ4v) is 1.79. The molecule has 1 aliphatic rings. The molecule has 1 fully saturated rings. The molecule has 1 N–H and O–H groups in total. The summed E-state index contributed by atoms with van der Waals surface area (Å²) in [5.74, 6) is 0.283. The van der Waals surface area contributed by atoms with E-state index in [1.165, 1.54) is 0 Å². The standard InChI is InChI=1S/C10H19FO2/c1-5(2)9-7(11)8(12)10(13-9)6(3)4/h5-10,12H,1-4H3/t7-,8-,9?,10?/m1/s1. The van der Waals surface area contributed by atoms with Crippen LogP contribution in [0.25, 0.3) is 0 Å². The first-order valence-electron chi connectivity index (χ1n) is 4.92. The summed E-state index contributed by atoms with van der Waals surface area (Å²) in [5.41, 5.74) is 0. The lowest BCUT2D eigenvalue weighted by atomic mass is 9.97. The summed E-state index contributed by atoms with van der Waals surface area (Å²) >= 11 is 0. The number of halogens is 1. The number of ether oxygens (including phenoxy) is 1. The van der Waals surface area contributed by atoms with Gasteiger partial charge in [-0.25, -0.2) is 4.39 Å². The summed E-state index contributed by atoms with van der Waals surface area (Å²) in [7, 11) is 0. The van der Waals surface area contributed by atoms with Gasteiger partial charge >= 0.3 is 0 Å². The highest BCUT2D eigenvalue weighted by Gasteiger charge is 2.46. The van der Waals surface area contributed by atoms with Crippen LogP contribution >= 0.6 is 0 Å². The Morgan fingerprint density at radius 2 is 1.54 bits per heavy atom. The van der Waals surface area contributed by atoms with Gasteiger partial charge in [0.25, 0.3) is 0 Å². The van der Waals surface area contributed by atoms with Gasteiger partial charge in [0.05, 0.1) is 12.2 Å². The molecule has 2 unspecified atom stereocenters. The van der Waals surface area contributed by atoms with E-state index in [0.29, 0.717) is 0 Å². The molecule has 1 heterocycles. The first-order valence-corrected chi connectivity index (χ1v) is 4.92. The largest absolute Gasteiger partial charge is 0.387 e. The Labute approximate surface area is 79.1 Å². The van der Waals surface area contributed by atoms with Gasteiger partial charge in [-0.1, -0.05) is 27.7 Å². The number of aliphatic hydroxyl groups is 1. The Hall–Kier alpha value is -0.150. The zero-order valence-corrected chi connectivity index (χ0v) is 8.70. The van der Waals surface area contributed by atoms with Crippen molar-refractivity contribution in [2.75, 3.05) is 0 Å². The maximum Gasteiger partial charge on any atom is 0.155 e. The van der Waals surface area contributed by atoms with E-state index in [0.717, 1.165) is 0 Å². The third-order valence-electron chi connectivity index (χ3n) is 2.61. The van der Waals surface area contributed by atoms with Gasteiger partial charge in [-0.2, -0.15) is 0 Å². The molecule has 0 radical (unpaired) electrons. The molecule has 1 rings (SSSR count). The molecular formula is C10H19FO2. The van der Waals surface area contributed by atoms with Crippen molar-refractivity contribution < 1.29 is 14.2 Å². The number of hydrogen-bond donors (Lipinski definition) is 1. The second-order valence-electron chi connectivity index (χ2n) is 4.49. The first kappa shape index (κ1) is 10.9. The van der Waals surface area contributed by atoms with Crippen molar-refractivity contribution in [3.63, 3.8) is 0 Å². The van der Waals surface area contributed by atoms with Gasteiger partial charge in [0, 0.05) is 0 Å². The van der Waals surface area contributed by atoms with Gasteiger partial charge in [-0.3, -0.25) is 0 Å². The highest BCUT2D eigenvalue weighted by atomic mass is 19.1. The Bertz CT molecular complexity index is 152. The molecule has 78 valence electrons. The number of alkyl halides is 1. The predicted molar refractivity (Wildman–Crippen MR) is 49.2 cm³/mol. The SMILES string of the molecule is CC(C)C1OC(C(C)C)[C@H](F)[C@H]1O. The van der Waals surface area contributed by atoms with Crippen molar-refractivity contribution in [3.05, 3.63) is 0 Å². The van der Waals surface area contributed by atoms with Gasteiger partial charge in [0.15, 0.2) is 6.17 Å². The molecule has 3 heteroatoms. The second kappa shape index (κ2) is 3.93. The van der Waals surface area contributed by atoms with Gasteiger partial charge in [-0.05, 0) is 11.8 Å². The molecule has 0 amide bonds. The molecule has 0 aromatic carbocycles. The summed E-state index contributed by atoms with van der Waals surface area (Å²) in [6.07, 6.45) is -2.97. The monoisotopic (exact) mass is 190 g/mol. The topological polar surface area (TPSA) is 29.5 Å². The molecule has 0 spiro atoms. The summed E-state index contributed by atoms with van der Waals surface area (Å²) in [4.78, 5) is 0. The molecule has 1 saturated heterocycles. The zero-order chi connectivity index (χ0) is 10.2. The van der Waals surface area contributed by atoms with E-state index in [4.69, 9.17) is 4.74 Å². The van der Waals surface area contributed by atoms with Gasteiger partial charge < -0.3 is 9.84 Å². The molecule has 4 atom stereocenters. The van der Waals surface area contributed by atoms with E-state index in [1.54, 1.807) is 0 Å². The van der Waals surface area contributed by atoms with Gasteiger partial charge in [-0.15, -0.1) is 0 Å². The van der Waals surface area contributed by atoms with Crippen LogP contribution in [-0.2, 0) is 4.74 Å². The van der Waals surface area contributed by atoms with Gasteiger partial charge in [0.2, 0.25) is 0 Å². The molecule has 0 aromatic heterocycles. The number of rotatable bonds is 2. The van der Waals surface area contributed by atoms with Crippen molar-refractivity contribution in [2.45, 2.75) is 52.2 Å². The van der Waals surface area contributed by atoms with Crippen LogP contribution < -0.4 is 0 Å². The maximum absolute atomic E-state index is 13.5. The van der Waals surface area contributed by atoms with E-state index in [2.05, 4.69) is 0 Å². The molecule has 1 aliphatic heterocycles. The average molecular weight is 190 g/mol. The third kappa shape index (κ3) is 2.02. The van der Waals surface area contributed by atoms with Crippen LogP contribution in [0, 0.1) is 11.8 Å². The number of hydrogen-bond acceptors (Lipinski definition) is 2. The quantitative estimate of drug-likeness (QED) is 0.719. The van der Waals surface area contributed by atoms with Crippen molar-refractivity contribution in [1.29, 1.82) is 0 Å². The summed E-state index contributed by atoms with van der Waals surface area (Å²) in [6.45, 7) is 7.69. The smallest absolute Gasteiger partial charge is 0.155 e. The van der Waals surface area contributed by atoms with Crippen molar-refractivity contribution in [2.24, 2.45) is 11.8 Å². The summed E-state index contributed by atoms with van der Waals surface area (Å²) < 4.78 is 19.0. The van der Waals surface area contributed by atoms with Crippen LogP contribution in [0.1, 0.15) is 27.7 Å². The molecular weight excluding hydrogens is 171 g/mol. The van der Waals surface area contributed by atoms with Crippen LogP contribution in [0.2, 0.25) is 0 Å². The van der Waals surface area contributed by atoms with Crippen LogP contribution in [0.5, 0.6) is 0 Å². The van der Waals surface area contributed by atoms with Crippen molar-refractivity contribution >= 4 is 0 Å². The fourth-order valence-electron chi connectivity index (χ4n) is 1.79.